The minimum Gasteiger partial charge on any atom is -0.394 e. The molecule has 3 fully saturated rings. The van der Waals surface area contributed by atoms with E-state index in [1.807, 2.05) is 37.3 Å². The van der Waals surface area contributed by atoms with Crippen molar-refractivity contribution in [2.45, 2.75) is 62.9 Å². The van der Waals surface area contributed by atoms with Gasteiger partial charge < -0.3 is 30.5 Å². The summed E-state index contributed by atoms with van der Waals surface area (Å²) in [6.45, 7) is 9.09. The van der Waals surface area contributed by atoms with E-state index in [0.29, 0.717) is 34.3 Å². The second-order valence-corrected chi connectivity index (χ2v) is 12.7. The number of rotatable bonds is 8. The summed E-state index contributed by atoms with van der Waals surface area (Å²) in [7, 11) is 0. The molecule has 4 aliphatic heterocycles. The van der Waals surface area contributed by atoms with Gasteiger partial charge in [0.15, 0.2) is 5.82 Å². The van der Waals surface area contributed by atoms with Gasteiger partial charge in [0.25, 0.3) is 11.8 Å². The first-order chi connectivity index (χ1) is 21.3. The zero-order valence-corrected chi connectivity index (χ0v) is 25.2. The van der Waals surface area contributed by atoms with E-state index in [-0.39, 0.29) is 35.3 Å². The van der Waals surface area contributed by atoms with Gasteiger partial charge >= 0.3 is 0 Å². The van der Waals surface area contributed by atoms with Crippen LogP contribution in [0.25, 0.3) is 11.5 Å². The Labute approximate surface area is 255 Å². The SMILES string of the molecule is CC1NC(=O)c2ccc(Nc3ncc(-c4nc(C56CCN(CC5)CC6)no4)c(N[C@H](CO)c4ccccc4)n3)nc2C1(C)C. The molecular weight excluding hydrogens is 558 g/mol. The molecule has 4 N–H and O–H groups in total. The molecule has 12 nitrogen and oxygen atoms in total. The van der Waals surface area contributed by atoms with Crippen molar-refractivity contribution in [1.29, 1.82) is 0 Å². The molecule has 4 aromatic rings. The molecule has 12 heteroatoms. The van der Waals surface area contributed by atoms with Crippen LogP contribution >= 0.6 is 0 Å². The molecule has 44 heavy (non-hydrogen) atoms. The van der Waals surface area contributed by atoms with Gasteiger partial charge in [-0.15, -0.1) is 0 Å². The van der Waals surface area contributed by atoms with Crippen molar-refractivity contribution in [1.82, 2.24) is 35.3 Å². The summed E-state index contributed by atoms with van der Waals surface area (Å²) in [6.07, 6.45) is 4.69. The number of nitrogens with one attached hydrogen (secondary N) is 3. The highest BCUT2D eigenvalue weighted by molar-refractivity contribution is 5.97. The van der Waals surface area contributed by atoms with Gasteiger partial charge in [-0.3, -0.25) is 4.79 Å². The molecule has 1 aromatic carbocycles. The maximum absolute atomic E-state index is 12.6. The summed E-state index contributed by atoms with van der Waals surface area (Å²) in [4.78, 5) is 34.2. The fourth-order valence-corrected chi connectivity index (χ4v) is 6.48. The van der Waals surface area contributed by atoms with Gasteiger partial charge in [-0.05, 0) is 63.5 Å². The second-order valence-electron chi connectivity index (χ2n) is 12.7. The smallest absolute Gasteiger partial charge is 0.263 e. The predicted molar refractivity (Wildman–Crippen MR) is 165 cm³/mol. The number of amides is 1. The Morgan fingerprint density at radius 1 is 1.05 bits per heavy atom. The minimum absolute atomic E-state index is 0.0651. The van der Waals surface area contributed by atoms with E-state index in [1.165, 1.54) is 0 Å². The zero-order chi connectivity index (χ0) is 30.5. The molecule has 7 heterocycles. The third kappa shape index (κ3) is 4.97. The molecule has 0 aliphatic carbocycles. The maximum atomic E-state index is 12.6. The highest BCUT2D eigenvalue weighted by Crippen LogP contribution is 2.42. The van der Waals surface area contributed by atoms with Gasteiger partial charge in [0, 0.05) is 23.1 Å². The molecule has 4 aliphatic rings. The number of nitrogens with zero attached hydrogens (tertiary/aromatic N) is 6. The zero-order valence-electron chi connectivity index (χ0n) is 25.2. The van der Waals surface area contributed by atoms with E-state index in [0.717, 1.165) is 50.3 Å². The largest absolute Gasteiger partial charge is 0.394 e. The van der Waals surface area contributed by atoms with Crippen LogP contribution in [0.5, 0.6) is 0 Å². The van der Waals surface area contributed by atoms with E-state index in [1.54, 1.807) is 18.3 Å². The molecule has 1 amide bonds. The summed E-state index contributed by atoms with van der Waals surface area (Å²) < 4.78 is 5.85. The highest BCUT2D eigenvalue weighted by atomic mass is 16.5. The van der Waals surface area contributed by atoms with Gasteiger partial charge in [-0.1, -0.05) is 49.3 Å². The van der Waals surface area contributed by atoms with Crippen molar-refractivity contribution < 1.29 is 14.4 Å². The number of pyridine rings is 1. The first-order valence-electron chi connectivity index (χ1n) is 15.2. The first kappa shape index (κ1) is 28.4. The Morgan fingerprint density at radius 2 is 1.80 bits per heavy atom. The maximum Gasteiger partial charge on any atom is 0.263 e. The van der Waals surface area contributed by atoms with Crippen LogP contribution in [0.3, 0.4) is 0 Å². The van der Waals surface area contributed by atoms with Crippen molar-refractivity contribution in [3.05, 3.63) is 71.3 Å². The molecule has 2 atom stereocenters. The monoisotopic (exact) mass is 595 g/mol. The molecule has 0 spiro atoms. The molecule has 0 saturated carbocycles. The van der Waals surface area contributed by atoms with Crippen molar-refractivity contribution in [2.75, 3.05) is 36.9 Å². The number of carbonyl (C=O) groups is 1. The van der Waals surface area contributed by atoms with Gasteiger partial charge in [0.2, 0.25) is 5.95 Å². The molecule has 1 unspecified atom stereocenters. The number of fused-ring (bicyclic) bond motifs is 4. The van der Waals surface area contributed by atoms with Crippen LogP contribution in [0.15, 0.2) is 53.2 Å². The first-order valence-corrected chi connectivity index (χ1v) is 15.2. The molecule has 8 rings (SSSR count). The number of anilines is 3. The van der Waals surface area contributed by atoms with Crippen molar-refractivity contribution in [2.24, 2.45) is 0 Å². The van der Waals surface area contributed by atoms with E-state index in [2.05, 4.69) is 44.8 Å². The third-order valence-corrected chi connectivity index (χ3v) is 9.75. The number of aromatic nitrogens is 5. The van der Waals surface area contributed by atoms with Crippen LogP contribution in [0.1, 0.15) is 73.5 Å². The molecule has 2 bridgehead atoms. The Morgan fingerprint density at radius 3 is 2.52 bits per heavy atom. The van der Waals surface area contributed by atoms with Crippen LogP contribution in [-0.4, -0.2) is 73.3 Å². The molecular formula is C32H37N9O3. The normalized spacial score (nSPS) is 24.3. The van der Waals surface area contributed by atoms with Crippen molar-refractivity contribution in [3.63, 3.8) is 0 Å². The lowest BCUT2D eigenvalue weighted by molar-refractivity contribution is 0.0747. The van der Waals surface area contributed by atoms with E-state index >= 15 is 0 Å². The number of aliphatic hydroxyl groups is 1. The van der Waals surface area contributed by atoms with Crippen LogP contribution in [0.4, 0.5) is 17.6 Å². The number of carbonyl (C=O) groups excluding carboxylic acids is 1. The number of hydrogen-bond donors (Lipinski definition) is 4. The molecule has 228 valence electrons. The summed E-state index contributed by atoms with van der Waals surface area (Å²) >= 11 is 0. The lowest BCUT2D eigenvalue weighted by Crippen LogP contribution is -2.51. The molecule has 3 aromatic heterocycles. The topological polar surface area (TPSA) is 154 Å². The number of aliphatic hydroxyl groups excluding tert-OH is 1. The van der Waals surface area contributed by atoms with E-state index < -0.39 is 6.04 Å². The van der Waals surface area contributed by atoms with Crippen molar-refractivity contribution >= 4 is 23.5 Å². The van der Waals surface area contributed by atoms with Gasteiger partial charge in [0.1, 0.15) is 17.2 Å². The highest BCUT2D eigenvalue weighted by Gasteiger charge is 2.44. The minimum atomic E-state index is -0.441. The summed E-state index contributed by atoms with van der Waals surface area (Å²) in [5, 5.41) is 24.4. The fourth-order valence-electron chi connectivity index (χ4n) is 6.48. The molecule has 3 saturated heterocycles. The Bertz CT molecular complexity index is 1670. The second kappa shape index (κ2) is 10.9. The number of hydrogen-bond acceptors (Lipinski definition) is 11. The summed E-state index contributed by atoms with van der Waals surface area (Å²) in [5.74, 6) is 2.17. The van der Waals surface area contributed by atoms with E-state index in [4.69, 9.17) is 19.5 Å². The average molecular weight is 596 g/mol. The fraction of sp³-hybridized carbons (Fsp3) is 0.438. The Kier molecular flexibility index (Phi) is 7.05. The third-order valence-electron chi connectivity index (χ3n) is 9.75. The van der Waals surface area contributed by atoms with Crippen LogP contribution < -0.4 is 16.0 Å². The van der Waals surface area contributed by atoms with Gasteiger partial charge in [-0.2, -0.15) is 9.97 Å². The quantitative estimate of drug-likeness (QED) is 0.234. The Hall–Kier alpha value is -4.42. The van der Waals surface area contributed by atoms with Crippen molar-refractivity contribution in [3.8, 4) is 11.5 Å². The lowest BCUT2D eigenvalue weighted by Gasteiger charge is -2.46. The lowest BCUT2D eigenvalue weighted by atomic mass is 9.71. The standard InChI is InChI=1S/C32H37N9O3/c1-19-31(2,3)25-21(27(43)34-19)9-10-24(36-25)37-30-33-17-22(26(38-30)35-23(18-42)20-7-5-4-6-8-20)28-39-29(40-44-28)32-11-14-41(15-12-32)16-13-32/h4-10,17,19,23,42H,11-16,18H2,1-3H3,(H,34,43)(H2,33,35,36,37,38)/t19?,23-/m1/s1. The molecule has 0 radical (unpaired) electrons. The Balaban J connectivity index is 1.24. The van der Waals surface area contributed by atoms with Gasteiger partial charge in [-0.25, -0.2) is 9.97 Å². The van der Waals surface area contributed by atoms with Crippen LogP contribution in [0.2, 0.25) is 0 Å². The summed E-state index contributed by atoms with van der Waals surface area (Å²) in [6, 6.07) is 12.7. The van der Waals surface area contributed by atoms with Gasteiger partial charge in [0.05, 0.1) is 23.9 Å². The number of benzene rings is 1. The average Bonchev–Trinajstić information content (AvgIpc) is 3.55. The summed E-state index contributed by atoms with van der Waals surface area (Å²) in [5.41, 5.74) is 2.28. The van der Waals surface area contributed by atoms with E-state index in [9.17, 15) is 9.90 Å². The number of piperidine rings is 3. The van der Waals surface area contributed by atoms with Crippen LogP contribution in [-0.2, 0) is 10.8 Å². The van der Waals surface area contributed by atoms with Crippen LogP contribution in [0, 0.1) is 0 Å². The predicted octanol–water partition coefficient (Wildman–Crippen LogP) is 3.96.